The molecule has 0 heterocycles. The van der Waals surface area contributed by atoms with Crippen LogP contribution in [0.4, 0.5) is 11.4 Å². The number of hydrogen-bond donors (Lipinski definition) is 1. The van der Waals surface area contributed by atoms with Crippen LogP contribution in [0.25, 0.3) is 11.1 Å². The molecule has 3 rings (SSSR count). The van der Waals surface area contributed by atoms with E-state index in [1.165, 1.54) is 0 Å². The summed E-state index contributed by atoms with van der Waals surface area (Å²) in [7, 11) is -3.64. The normalized spacial score (nSPS) is 11.0. The summed E-state index contributed by atoms with van der Waals surface area (Å²) in [4.78, 5) is 12.5. The van der Waals surface area contributed by atoms with E-state index in [0.717, 1.165) is 21.7 Å². The van der Waals surface area contributed by atoms with Crippen LogP contribution in [0.15, 0.2) is 78.9 Å². The van der Waals surface area contributed by atoms with Crippen LogP contribution in [0.5, 0.6) is 5.75 Å². The number of carbonyl (C=O) groups excluding carboxylic acids is 1. The number of rotatable bonds is 8. The van der Waals surface area contributed by atoms with Crippen LogP contribution in [-0.2, 0) is 14.8 Å². The molecule has 156 valence electrons. The summed E-state index contributed by atoms with van der Waals surface area (Å²) in [6, 6.07) is 23.9. The van der Waals surface area contributed by atoms with Gasteiger partial charge in [-0.3, -0.25) is 9.10 Å². The number of anilines is 2. The molecule has 0 aliphatic carbocycles. The van der Waals surface area contributed by atoms with Crippen molar-refractivity contribution in [1.29, 1.82) is 0 Å². The fourth-order valence-electron chi connectivity index (χ4n) is 2.98. The highest BCUT2D eigenvalue weighted by Crippen LogP contribution is 2.23. The summed E-state index contributed by atoms with van der Waals surface area (Å²) in [5.41, 5.74) is 3.10. The second-order valence-electron chi connectivity index (χ2n) is 6.69. The lowest BCUT2D eigenvalue weighted by molar-refractivity contribution is -0.114. The summed E-state index contributed by atoms with van der Waals surface area (Å²) < 4.78 is 30.9. The molecule has 0 radical (unpaired) electrons. The zero-order valence-electron chi connectivity index (χ0n) is 16.9. The van der Waals surface area contributed by atoms with Gasteiger partial charge in [-0.2, -0.15) is 0 Å². The summed E-state index contributed by atoms with van der Waals surface area (Å²) in [6.07, 6.45) is 1.07. The van der Waals surface area contributed by atoms with Gasteiger partial charge < -0.3 is 10.1 Å². The monoisotopic (exact) mass is 424 g/mol. The van der Waals surface area contributed by atoms with Crippen LogP contribution < -0.4 is 14.4 Å². The van der Waals surface area contributed by atoms with Crippen molar-refractivity contribution in [2.24, 2.45) is 0 Å². The van der Waals surface area contributed by atoms with E-state index in [1.54, 1.807) is 36.4 Å². The molecule has 6 nitrogen and oxygen atoms in total. The van der Waals surface area contributed by atoms with Crippen LogP contribution in [0.2, 0.25) is 0 Å². The van der Waals surface area contributed by atoms with Crippen molar-refractivity contribution < 1.29 is 17.9 Å². The molecular weight excluding hydrogens is 400 g/mol. The maximum Gasteiger partial charge on any atom is 0.245 e. The standard InChI is InChI=1S/C23H24N2O4S/c1-3-29-22-15-13-21(14-16-22)25(30(2,27)28)17-23(26)24-20-11-9-19(10-12-20)18-7-5-4-6-8-18/h4-16H,3,17H2,1-2H3,(H,24,26). The zero-order chi connectivity index (χ0) is 21.6. The van der Waals surface area contributed by atoms with Crippen molar-refractivity contribution in [3.63, 3.8) is 0 Å². The second-order valence-corrected chi connectivity index (χ2v) is 8.59. The quantitative estimate of drug-likeness (QED) is 0.589. The van der Waals surface area contributed by atoms with E-state index in [4.69, 9.17) is 4.74 Å². The Morgan fingerprint density at radius 2 is 1.50 bits per heavy atom. The van der Waals surface area contributed by atoms with E-state index in [9.17, 15) is 13.2 Å². The molecule has 0 unspecified atom stereocenters. The Morgan fingerprint density at radius 3 is 2.07 bits per heavy atom. The lowest BCUT2D eigenvalue weighted by Crippen LogP contribution is -2.37. The van der Waals surface area contributed by atoms with E-state index < -0.39 is 15.9 Å². The van der Waals surface area contributed by atoms with Gasteiger partial charge >= 0.3 is 0 Å². The molecule has 30 heavy (non-hydrogen) atoms. The van der Waals surface area contributed by atoms with Crippen molar-refractivity contribution >= 4 is 27.3 Å². The lowest BCUT2D eigenvalue weighted by atomic mass is 10.1. The molecule has 0 aromatic heterocycles. The van der Waals surface area contributed by atoms with Crippen molar-refractivity contribution in [3.05, 3.63) is 78.9 Å². The highest BCUT2D eigenvalue weighted by atomic mass is 32.2. The SMILES string of the molecule is CCOc1ccc(N(CC(=O)Nc2ccc(-c3ccccc3)cc2)S(C)(=O)=O)cc1. The van der Waals surface area contributed by atoms with Crippen molar-refractivity contribution in [3.8, 4) is 16.9 Å². The highest BCUT2D eigenvalue weighted by molar-refractivity contribution is 7.92. The second kappa shape index (κ2) is 9.45. The van der Waals surface area contributed by atoms with Gasteiger partial charge in [0, 0.05) is 5.69 Å². The van der Waals surface area contributed by atoms with Gasteiger partial charge in [0.2, 0.25) is 15.9 Å². The van der Waals surface area contributed by atoms with Gasteiger partial charge in [0.1, 0.15) is 12.3 Å². The Hall–Kier alpha value is -3.32. The molecule has 0 atom stereocenters. The molecule has 0 spiro atoms. The largest absolute Gasteiger partial charge is 0.494 e. The molecule has 7 heteroatoms. The van der Waals surface area contributed by atoms with Crippen molar-refractivity contribution in [1.82, 2.24) is 0 Å². The first kappa shape index (κ1) is 21.4. The molecule has 0 aliphatic rings. The first-order valence-electron chi connectivity index (χ1n) is 9.52. The smallest absolute Gasteiger partial charge is 0.245 e. The summed E-state index contributed by atoms with van der Waals surface area (Å²) >= 11 is 0. The van der Waals surface area contributed by atoms with Gasteiger partial charge in [0.05, 0.1) is 18.6 Å². The number of ether oxygens (including phenoxy) is 1. The minimum atomic E-state index is -3.64. The Morgan fingerprint density at radius 1 is 0.900 bits per heavy atom. The molecule has 1 N–H and O–H groups in total. The molecule has 0 saturated carbocycles. The predicted molar refractivity (Wildman–Crippen MR) is 120 cm³/mol. The topological polar surface area (TPSA) is 75.7 Å². The first-order valence-corrected chi connectivity index (χ1v) is 11.4. The Kier molecular flexibility index (Phi) is 6.74. The summed E-state index contributed by atoms with van der Waals surface area (Å²) in [5, 5.41) is 2.75. The van der Waals surface area contributed by atoms with Crippen LogP contribution in [0.3, 0.4) is 0 Å². The van der Waals surface area contributed by atoms with Gasteiger partial charge in [-0.15, -0.1) is 0 Å². The van der Waals surface area contributed by atoms with Gasteiger partial charge in [0.25, 0.3) is 0 Å². The number of nitrogens with one attached hydrogen (secondary N) is 1. The molecule has 0 bridgehead atoms. The van der Waals surface area contributed by atoms with Crippen molar-refractivity contribution in [2.75, 3.05) is 29.0 Å². The van der Waals surface area contributed by atoms with Crippen LogP contribution in [0.1, 0.15) is 6.92 Å². The summed E-state index contributed by atoms with van der Waals surface area (Å²) in [6.45, 7) is 2.06. The van der Waals surface area contributed by atoms with E-state index in [2.05, 4.69) is 5.32 Å². The fourth-order valence-corrected chi connectivity index (χ4v) is 3.84. The first-order chi connectivity index (χ1) is 14.4. The molecule has 0 saturated heterocycles. The van der Waals surface area contributed by atoms with Crippen molar-refractivity contribution in [2.45, 2.75) is 6.92 Å². The number of nitrogens with zero attached hydrogens (tertiary/aromatic N) is 1. The Bertz CT molecular complexity index is 1080. The van der Waals surface area contributed by atoms with Gasteiger partial charge in [-0.1, -0.05) is 42.5 Å². The maximum absolute atomic E-state index is 12.5. The van der Waals surface area contributed by atoms with Gasteiger partial charge in [0.15, 0.2) is 0 Å². The third-order valence-corrected chi connectivity index (χ3v) is 5.54. The minimum absolute atomic E-state index is 0.326. The Balaban J connectivity index is 1.70. The minimum Gasteiger partial charge on any atom is -0.494 e. The van der Waals surface area contributed by atoms with E-state index >= 15 is 0 Å². The average Bonchev–Trinajstić information content (AvgIpc) is 2.73. The molecule has 0 aliphatic heterocycles. The summed E-state index contributed by atoms with van der Waals surface area (Å²) in [5.74, 6) is 0.208. The van der Waals surface area contributed by atoms with E-state index in [0.29, 0.717) is 23.7 Å². The fraction of sp³-hybridized carbons (Fsp3) is 0.174. The van der Waals surface area contributed by atoms with Gasteiger partial charge in [-0.25, -0.2) is 8.42 Å². The molecule has 1 amide bonds. The van der Waals surface area contributed by atoms with Crippen LogP contribution in [-0.4, -0.2) is 33.7 Å². The number of hydrogen-bond acceptors (Lipinski definition) is 4. The molecule has 0 fully saturated rings. The number of carbonyl (C=O) groups is 1. The third-order valence-electron chi connectivity index (χ3n) is 4.40. The molecular formula is C23H24N2O4S. The van der Waals surface area contributed by atoms with Crippen LogP contribution >= 0.6 is 0 Å². The van der Waals surface area contributed by atoms with Gasteiger partial charge in [-0.05, 0) is 54.4 Å². The van der Waals surface area contributed by atoms with E-state index in [1.807, 2.05) is 49.4 Å². The zero-order valence-corrected chi connectivity index (χ0v) is 17.7. The molecule has 3 aromatic rings. The third kappa shape index (κ3) is 5.61. The number of amides is 1. The van der Waals surface area contributed by atoms with Crippen LogP contribution in [0, 0.1) is 0 Å². The molecule has 3 aromatic carbocycles. The Labute approximate surface area is 177 Å². The number of sulfonamides is 1. The predicted octanol–water partition coefficient (Wildman–Crippen LogP) is 4.16. The lowest BCUT2D eigenvalue weighted by Gasteiger charge is -2.22. The highest BCUT2D eigenvalue weighted by Gasteiger charge is 2.21. The number of benzene rings is 3. The van der Waals surface area contributed by atoms with E-state index in [-0.39, 0.29) is 6.54 Å². The maximum atomic E-state index is 12.5. The average molecular weight is 425 g/mol.